The van der Waals surface area contributed by atoms with Crippen LogP contribution in [0.15, 0.2) is 48.5 Å². The molecule has 2 aromatic rings. The molecule has 0 spiro atoms. The van der Waals surface area contributed by atoms with Crippen molar-refractivity contribution in [1.29, 1.82) is 0 Å². The number of benzene rings is 2. The van der Waals surface area contributed by atoms with Gasteiger partial charge in [-0.3, -0.25) is 0 Å². The molecule has 0 unspecified atom stereocenters. The molecule has 0 saturated heterocycles. The molecule has 0 aliphatic heterocycles. The smallest absolute Gasteiger partial charge is 0.389 e. The number of carbonyl (C=O) groups is 2. The van der Waals surface area contributed by atoms with Crippen LogP contribution in [0.4, 0.5) is 24.5 Å². The van der Waals surface area contributed by atoms with E-state index in [1.54, 1.807) is 24.3 Å². The molecule has 1 saturated carbocycles. The molecule has 1 fully saturated rings. The van der Waals surface area contributed by atoms with E-state index in [1.807, 2.05) is 24.3 Å². The minimum absolute atomic E-state index is 0.00900. The molecule has 0 atom stereocenters. The number of anilines is 2. The Kier molecular flexibility index (Phi) is 15.7. The highest BCUT2D eigenvalue weighted by molar-refractivity contribution is 5.91. The van der Waals surface area contributed by atoms with Gasteiger partial charge in [-0.25, -0.2) is 9.59 Å². The van der Waals surface area contributed by atoms with E-state index in [0.29, 0.717) is 42.7 Å². The fraction of sp³-hybridized carbons (Fsp3) is 0.543. The summed E-state index contributed by atoms with van der Waals surface area (Å²) in [5.41, 5.74) is 13.5. The summed E-state index contributed by atoms with van der Waals surface area (Å²) >= 11 is 0. The van der Waals surface area contributed by atoms with E-state index in [4.69, 9.17) is 30.4 Å². The van der Waals surface area contributed by atoms with Crippen LogP contribution in [0, 0.1) is 5.92 Å². The van der Waals surface area contributed by atoms with Gasteiger partial charge in [0, 0.05) is 30.5 Å². The van der Waals surface area contributed by atoms with Crippen molar-refractivity contribution in [3.05, 3.63) is 59.7 Å². The Morgan fingerprint density at radius 3 is 2.02 bits per heavy atom. The molecule has 0 heterocycles. The minimum atomic E-state index is -4.12. The number of nitrogens with two attached hydrogens (primary N) is 2. The van der Waals surface area contributed by atoms with Gasteiger partial charge >= 0.3 is 18.1 Å². The second-order valence-corrected chi connectivity index (χ2v) is 11.8. The Hall–Kier alpha value is -3.73. The van der Waals surface area contributed by atoms with Crippen molar-refractivity contribution in [3.63, 3.8) is 0 Å². The van der Waals surface area contributed by atoms with Gasteiger partial charge in [-0.05, 0) is 92.8 Å². The van der Waals surface area contributed by atoms with E-state index in [1.165, 1.54) is 6.08 Å². The molecule has 0 amide bonds. The lowest BCUT2D eigenvalue weighted by Crippen LogP contribution is -2.25. The van der Waals surface area contributed by atoms with E-state index in [-0.39, 0.29) is 25.1 Å². The van der Waals surface area contributed by atoms with Gasteiger partial charge < -0.3 is 30.4 Å². The van der Waals surface area contributed by atoms with Crippen LogP contribution in [0.5, 0.6) is 5.75 Å². The largest absolute Gasteiger partial charge is 0.493 e. The fourth-order valence-electron chi connectivity index (χ4n) is 5.22. The molecule has 3 rings (SSSR count). The number of unbranched alkanes of at least 4 members (excludes halogenated alkanes) is 5. The third-order valence-corrected chi connectivity index (χ3v) is 7.76. The van der Waals surface area contributed by atoms with E-state index in [0.717, 1.165) is 75.5 Å². The average molecular weight is 649 g/mol. The van der Waals surface area contributed by atoms with Crippen LogP contribution in [-0.4, -0.2) is 50.6 Å². The summed E-state index contributed by atoms with van der Waals surface area (Å²) in [5, 5.41) is 0. The quantitative estimate of drug-likeness (QED) is 0.0682. The average Bonchev–Trinajstić information content (AvgIpc) is 3.02. The minimum Gasteiger partial charge on any atom is -0.493 e. The second-order valence-electron chi connectivity index (χ2n) is 11.8. The molecule has 0 bridgehead atoms. The molecule has 46 heavy (non-hydrogen) atoms. The summed E-state index contributed by atoms with van der Waals surface area (Å²) in [4.78, 5) is 24.1. The van der Waals surface area contributed by atoms with Crippen molar-refractivity contribution in [3.8, 4) is 5.75 Å². The molecule has 4 N–H and O–H groups in total. The first-order valence-corrected chi connectivity index (χ1v) is 16.2. The number of hydrogen-bond acceptors (Lipinski definition) is 8. The Morgan fingerprint density at radius 2 is 1.39 bits per heavy atom. The van der Waals surface area contributed by atoms with Gasteiger partial charge in [0.05, 0.1) is 31.5 Å². The third-order valence-electron chi connectivity index (χ3n) is 7.76. The molecule has 1 aliphatic rings. The van der Waals surface area contributed by atoms with Gasteiger partial charge in [-0.1, -0.05) is 37.8 Å². The fourth-order valence-corrected chi connectivity index (χ4v) is 5.22. The van der Waals surface area contributed by atoms with Crippen molar-refractivity contribution >= 4 is 29.4 Å². The van der Waals surface area contributed by atoms with Gasteiger partial charge in [0.1, 0.15) is 5.75 Å². The Morgan fingerprint density at radius 1 is 0.783 bits per heavy atom. The van der Waals surface area contributed by atoms with Crippen molar-refractivity contribution in [2.75, 3.05) is 37.9 Å². The van der Waals surface area contributed by atoms with E-state index in [9.17, 15) is 22.8 Å². The van der Waals surface area contributed by atoms with Gasteiger partial charge in [0.2, 0.25) is 0 Å². The molecule has 11 heteroatoms. The van der Waals surface area contributed by atoms with Crippen molar-refractivity contribution in [1.82, 2.24) is 0 Å². The molecule has 0 aromatic heterocycles. The molecule has 2 aromatic carbocycles. The van der Waals surface area contributed by atoms with Crippen LogP contribution >= 0.6 is 0 Å². The molecule has 1 aliphatic carbocycles. The van der Waals surface area contributed by atoms with Crippen molar-refractivity contribution in [2.45, 2.75) is 89.3 Å². The molecule has 8 nitrogen and oxygen atoms in total. The first-order chi connectivity index (χ1) is 22.1. The Bertz CT molecular complexity index is 1210. The molecule has 0 radical (unpaired) electrons. The number of hydrogen-bond donors (Lipinski definition) is 2. The lowest BCUT2D eigenvalue weighted by Gasteiger charge is -2.28. The van der Waals surface area contributed by atoms with Crippen LogP contribution < -0.4 is 16.2 Å². The molecule has 254 valence electrons. The van der Waals surface area contributed by atoms with Gasteiger partial charge in [-0.2, -0.15) is 13.2 Å². The monoisotopic (exact) mass is 648 g/mol. The Labute approximate surface area is 269 Å². The lowest BCUT2D eigenvalue weighted by molar-refractivity contribution is -0.139. The highest BCUT2D eigenvalue weighted by Gasteiger charge is 2.27. The third kappa shape index (κ3) is 15.5. The maximum Gasteiger partial charge on any atom is 0.389 e. The normalized spacial score (nSPS) is 16.8. The van der Waals surface area contributed by atoms with Gasteiger partial charge in [-0.15, -0.1) is 0 Å². The lowest BCUT2D eigenvalue weighted by atomic mass is 9.88. The van der Waals surface area contributed by atoms with Crippen LogP contribution in [0.3, 0.4) is 0 Å². The van der Waals surface area contributed by atoms with Crippen LogP contribution in [0.25, 0.3) is 6.08 Å². The van der Waals surface area contributed by atoms with Crippen molar-refractivity contribution in [2.24, 2.45) is 5.92 Å². The van der Waals surface area contributed by atoms with E-state index < -0.39 is 18.6 Å². The number of esters is 2. The summed E-state index contributed by atoms with van der Waals surface area (Å²) < 4.78 is 58.9. The Balaban J connectivity index is 1.16. The van der Waals surface area contributed by atoms with Crippen LogP contribution in [0.2, 0.25) is 0 Å². The number of carbonyl (C=O) groups excluding carboxylic acids is 2. The van der Waals surface area contributed by atoms with Crippen molar-refractivity contribution < 1.29 is 41.7 Å². The first kappa shape index (κ1) is 36.7. The second kappa shape index (κ2) is 19.7. The maximum atomic E-state index is 12.2. The zero-order chi connectivity index (χ0) is 33.2. The zero-order valence-corrected chi connectivity index (χ0v) is 26.4. The predicted octanol–water partition coefficient (Wildman–Crippen LogP) is 7.90. The zero-order valence-electron chi connectivity index (χ0n) is 26.4. The predicted molar refractivity (Wildman–Crippen MR) is 172 cm³/mol. The highest BCUT2D eigenvalue weighted by atomic mass is 19.4. The van der Waals surface area contributed by atoms with E-state index >= 15 is 0 Å². The summed E-state index contributed by atoms with van der Waals surface area (Å²) in [6, 6.07) is 12.1. The highest BCUT2D eigenvalue weighted by Crippen LogP contribution is 2.28. The number of nitrogen functional groups attached to an aromatic ring is 2. The standard InChI is InChI=1S/C35H47F3N2O6/c36-35(37,38)18-7-21-43-31-15-10-27(11-16-31)25-46-32-13-8-26(9-14-32)12-17-33(41)44-19-5-3-1-2-4-6-20-45-34(42)28-22-29(39)24-30(40)23-28/h8-9,12-14,17,22-24,27,31H,1-7,10-11,15-16,18-21,25,39-40H2. The van der Waals surface area contributed by atoms with Gasteiger partial charge in [0.25, 0.3) is 0 Å². The van der Waals surface area contributed by atoms with Crippen LogP contribution in [0.1, 0.15) is 93.0 Å². The number of halogens is 3. The number of rotatable bonds is 19. The summed E-state index contributed by atoms with van der Waals surface area (Å²) in [6.07, 6.45) is 7.22. The van der Waals surface area contributed by atoms with Gasteiger partial charge in [0.15, 0.2) is 0 Å². The van der Waals surface area contributed by atoms with E-state index in [2.05, 4.69) is 0 Å². The summed E-state index contributed by atoms with van der Waals surface area (Å²) in [6.45, 7) is 1.44. The SMILES string of the molecule is Nc1cc(N)cc(C(=O)OCCCCCCCCOC(=O)C=Cc2ccc(OCC3CCC(OCCCC(F)(F)F)CC3)cc2)c1. The molecular formula is C35H47F3N2O6. The summed E-state index contributed by atoms with van der Waals surface area (Å²) in [7, 11) is 0. The maximum absolute atomic E-state index is 12.2. The number of ether oxygens (including phenoxy) is 4. The first-order valence-electron chi connectivity index (χ1n) is 16.2. The summed E-state index contributed by atoms with van der Waals surface area (Å²) in [5.74, 6) is 0.322. The topological polar surface area (TPSA) is 123 Å². The molecular weight excluding hydrogens is 601 g/mol. The van der Waals surface area contributed by atoms with Crippen LogP contribution in [-0.2, 0) is 19.0 Å². The number of alkyl halides is 3.